The minimum absolute atomic E-state index is 0.0824. The van der Waals surface area contributed by atoms with Gasteiger partial charge >= 0.3 is 5.97 Å². The van der Waals surface area contributed by atoms with Crippen molar-refractivity contribution in [1.29, 1.82) is 0 Å². The van der Waals surface area contributed by atoms with Gasteiger partial charge in [-0.05, 0) is 61.0 Å². The Balaban J connectivity index is 1.50. The summed E-state index contributed by atoms with van der Waals surface area (Å²) < 4.78 is 18.7. The molecule has 1 saturated heterocycles. The van der Waals surface area contributed by atoms with Crippen molar-refractivity contribution >= 4 is 28.3 Å². The molecule has 1 aliphatic heterocycles. The van der Waals surface area contributed by atoms with Gasteiger partial charge in [0.05, 0.1) is 29.6 Å². The van der Waals surface area contributed by atoms with Gasteiger partial charge in [0.15, 0.2) is 5.88 Å². The molecular formula is C31H33FN4O3. The van der Waals surface area contributed by atoms with E-state index in [1.807, 2.05) is 36.4 Å². The standard InChI is InChI=1S/C31H33FN4O3/c1-35-14-16-36(17-15-35)20-22-6-10-25(11-7-22)33-30(23-5-3-4-21(18-23)8-13-28(37)39-2)29-26-12-9-24(32)19-27(26)34-31(29)38/h3-7,9-12,18-19,34,38H,8,13-17,20H2,1-2H3. The first-order chi connectivity index (χ1) is 18.9. The number of aromatic nitrogens is 1. The number of piperazine rings is 1. The number of methoxy groups -OCH3 is 1. The van der Waals surface area contributed by atoms with E-state index >= 15 is 0 Å². The van der Waals surface area contributed by atoms with Crippen molar-refractivity contribution in [3.8, 4) is 5.88 Å². The third kappa shape index (κ3) is 6.35. The molecule has 8 heteroatoms. The molecule has 4 aromatic rings. The quantitative estimate of drug-likeness (QED) is 0.248. The van der Waals surface area contributed by atoms with Gasteiger partial charge in [0.2, 0.25) is 0 Å². The number of ether oxygens (including phenoxy) is 1. The fourth-order valence-electron chi connectivity index (χ4n) is 4.95. The summed E-state index contributed by atoms with van der Waals surface area (Å²) in [6, 6.07) is 20.3. The molecule has 0 atom stereocenters. The molecule has 0 saturated carbocycles. The highest BCUT2D eigenvalue weighted by Crippen LogP contribution is 2.32. The largest absolute Gasteiger partial charge is 0.494 e. The van der Waals surface area contributed by atoms with Crippen molar-refractivity contribution in [3.63, 3.8) is 0 Å². The number of aliphatic imine (C=N–C) groups is 1. The van der Waals surface area contributed by atoms with Gasteiger partial charge in [-0.3, -0.25) is 9.69 Å². The van der Waals surface area contributed by atoms with E-state index in [1.54, 1.807) is 6.07 Å². The van der Waals surface area contributed by atoms with Crippen molar-refractivity contribution in [1.82, 2.24) is 14.8 Å². The second kappa shape index (κ2) is 11.8. The molecule has 0 aliphatic carbocycles. The highest BCUT2D eigenvalue weighted by molar-refractivity contribution is 6.21. The lowest BCUT2D eigenvalue weighted by Crippen LogP contribution is -2.43. The van der Waals surface area contributed by atoms with Crippen LogP contribution in [0, 0.1) is 5.82 Å². The summed E-state index contributed by atoms with van der Waals surface area (Å²) in [7, 11) is 3.53. The van der Waals surface area contributed by atoms with Crippen LogP contribution in [0.15, 0.2) is 71.7 Å². The zero-order valence-electron chi connectivity index (χ0n) is 22.3. The molecule has 1 aliphatic rings. The van der Waals surface area contributed by atoms with Crippen molar-refractivity contribution in [2.45, 2.75) is 19.4 Å². The summed E-state index contributed by atoms with van der Waals surface area (Å²) >= 11 is 0. The summed E-state index contributed by atoms with van der Waals surface area (Å²) in [4.78, 5) is 24.4. The number of halogens is 1. The molecule has 1 fully saturated rings. The van der Waals surface area contributed by atoms with E-state index in [0.29, 0.717) is 28.6 Å². The molecule has 39 heavy (non-hydrogen) atoms. The summed E-state index contributed by atoms with van der Waals surface area (Å²) in [6.07, 6.45) is 0.776. The van der Waals surface area contributed by atoms with Crippen LogP contribution in [-0.2, 0) is 22.5 Å². The predicted octanol–water partition coefficient (Wildman–Crippen LogP) is 5.03. The van der Waals surface area contributed by atoms with Crippen LogP contribution >= 0.6 is 0 Å². The van der Waals surface area contributed by atoms with Crippen LogP contribution in [0.4, 0.5) is 10.1 Å². The number of aromatic hydroxyl groups is 1. The number of aromatic amines is 1. The minimum atomic E-state index is -0.394. The molecule has 2 N–H and O–H groups in total. The fourth-order valence-corrected chi connectivity index (χ4v) is 4.95. The molecule has 1 aromatic heterocycles. The van der Waals surface area contributed by atoms with Crippen LogP contribution in [-0.4, -0.2) is 71.9 Å². The van der Waals surface area contributed by atoms with Gasteiger partial charge in [0.25, 0.3) is 0 Å². The number of fused-ring (bicyclic) bond motifs is 1. The van der Waals surface area contributed by atoms with E-state index in [1.165, 1.54) is 24.8 Å². The second-order valence-electron chi connectivity index (χ2n) is 10.0. The van der Waals surface area contributed by atoms with Gasteiger partial charge in [-0.2, -0.15) is 0 Å². The molecule has 5 rings (SSSR count). The lowest BCUT2D eigenvalue weighted by Gasteiger charge is -2.32. The van der Waals surface area contributed by atoms with Crippen molar-refractivity contribution in [2.24, 2.45) is 4.99 Å². The molecule has 0 amide bonds. The number of H-pyrrole nitrogens is 1. The highest BCUT2D eigenvalue weighted by atomic mass is 19.1. The normalized spacial score (nSPS) is 15.1. The lowest BCUT2D eigenvalue weighted by atomic mass is 9.97. The molecule has 0 unspecified atom stereocenters. The first-order valence-corrected chi connectivity index (χ1v) is 13.1. The van der Waals surface area contributed by atoms with E-state index in [2.05, 4.69) is 34.0 Å². The predicted molar refractivity (Wildman–Crippen MR) is 151 cm³/mol. The van der Waals surface area contributed by atoms with Gasteiger partial charge in [-0.25, -0.2) is 9.38 Å². The number of benzene rings is 3. The van der Waals surface area contributed by atoms with E-state index in [9.17, 15) is 14.3 Å². The molecule has 2 heterocycles. The topological polar surface area (TPSA) is 81.2 Å². The third-order valence-corrected chi connectivity index (χ3v) is 7.20. The second-order valence-corrected chi connectivity index (χ2v) is 10.0. The molecule has 0 spiro atoms. The Hall–Kier alpha value is -4.01. The molecule has 202 valence electrons. The smallest absolute Gasteiger partial charge is 0.305 e. The van der Waals surface area contributed by atoms with Crippen LogP contribution in [0.5, 0.6) is 5.88 Å². The van der Waals surface area contributed by atoms with Gasteiger partial charge in [-0.1, -0.05) is 30.3 Å². The molecule has 3 aromatic carbocycles. The number of carbonyl (C=O) groups is 1. The SMILES string of the molecule is COC(=O)CCc1cccc(C(=Nc2ccc(CN3CCN(C)CC3)cc2)c2c(O)[nH]c3cc(F)ccc23)c1. The Kier molecular flexibility index (Phi) is 8.05. The number of rotatable bonds is 8. The van der Waals surface area contributed by atoms with Crippen LogP contribution in [0.3, 0.4) is 0 Å². The Morgan fingerprint density at radius 1 is 1.03 bits per heavy atom. The Morgan fingerprint density at radius 2 is 1.79 bits per heavy atom. The Morgan fingerprint density at radius 3 is 2.54 bits per heavy atom. The van der Waals surface area contributed by atoms with Crippen LogP contribution in [0.1, 0.15) is 28.7 Å². The Bertz CT molecular complexity index is 1490. The van der Waals surface area contributed by atoms with Gasteiger partial charge < -0.3 is 19.7 Å². The zero-order valence-corrected chi connectivity index (χ0v) is 22.3. The maximum absolute atomic E-state index is 13.9. The summed E-state index contributed by atoms with van der Waals surface area (Å²) in [6.45, 7) is 5.13. The molecule has 0 bridgehead atoms. The van der Waals surface area contributed by atoms with Crippen molar-refractivity contribution in [3.05, 3.63) is 94.8 Å². The van der Waals surface area contributed by atoms with Crippen molar-refractivity contribution < 1.29 is 19.0 Å². The number of hydrogen-bond acceptors (Lipinski definition) is 6. The third-order valence-electron chi connectivity index (χ3n) is 7.20. The first kappa shape index (κ1) is 26.6. The van der Waals surface area contributed by atoms with E-state index in [0.717, 1.165) is 49.5 Å². The molecule has 7 nitrogen and oxygen atoms in total. The summed E-state index contributed by atoms with van der Waals surface area (Å²) in [5.74, 6) is -0.752. The lowest BCUT2D eigenvalue weighted by molar-refractivity contribution is -0.140. The number of carbonyl (C=O) groups excluding carboxylic acids is 1. The van der Waals surface area contributed by atoms with Crippen molar-refractivity contribution in [2.75, 3.05) is 40.3 Å². The first-order valence-electron chi connectivity index (χ1n) is 13.1. The van der Waals surface area contributed by atoms with Gasteiger partial charge in [-0.15, -0.1) is 0 Å². The highest BCUT2D eigenvalue weighted by Gasteiger charge is 2.20. The minimum Gasteiger partial charge on any atom is -0.494 e. The van der Waals surface area contributed by atoms with E-state index < -0.39 is 5.82 Å². The number of nitrogens with one attached hydrogen (secondary N) is 1. The zero-order chi connectivity index (χ0) is 27.4. The maximum Gasteiger partial charge on any atom is 0.305 e. The number of likely N-dealkylation sites (N-methyl/N-ethyl adjacent to an activating group) is 1. The van der Waals surface area contributed by atoms with Gasteiger partial charge in [0, 0.05) is 50.1 Å². The Labute approximate surface area is 227 Å². The monoisotopic (exact) mass is 528 g/mol. The molecule has 0 radical (unpaired) electrons. The fraction of sp³-hybridized carbons (Fsp3) is 0.290. The van der Waals surface area contributed by atoms with Gasteiger partial charge in [0.1, 0.15) is 5.82 Å². The van der Waals surface area contributed by atoms with E-state index in [-0.39, 0.29) is 18.3 Å². The number of aryl methyl sites for hydroxylation is 1. The van der Waals surface area contributed by atoms with Crippen LogP contribution < -0.4 is 0 Å². The summed E-state index contributed by atoms with van der Waals surface area (Å²) in [5, 5.41) is 11.6. The van der Waals surface area contributed by atoms with Crippen LogP contribution in [0.2, 0.25) is 0 Å². The van der Waals surface area contributed by atoms with Crippen LogP contribution in [0.25, 0.3) is 10.9 Å². The number of hydrogen-bond donors (Lipinski definition) is 2. The average molecular weight is 529 g/mol. The molecular weight excluding hydrogens is 495 g/mol. The maximum atomic E-state index is 13.9. The number of esters is 1. The van der Waals surface area contributed by atoms with E-state index in [4.69, 9.17) is 9.73 Å². The average Bonchev–Trinajstić information content (AvgIpc) is 3.27. The summed E-state index contributed by atoms with van der Waals surface area (Å²) in [5.41, 5.74) is 5.21. The number of nitrogens with zero attached hydrogens (tertiary/aromatic N) is 3.